The van der Waals surface area contributed by atoms with Crippen LogP contribution in [0.15, 0.2) is 0 Å². The SMILES string of the molecule is CC(=O)c1sc(N2CC(CN)CC2=O)nc1C. The van der Waals surface area contributed by atoms with Crippen molar-refractivity contribution in [2.45, 2.75) is 20.3 Å². The molecule has 1 fully saturated rings. The van der Waals surface area contributed by atoms with Gasteiger partial charge in [0.15, 0.2) is 10.9 Å². The van der Waals surface area contributed by atoms with Crippen LogP contribution in [0.5, 0.6) is 0 Å². The quantitative estimate of drug-likeness (QED) is 0.814. The fourth-order valence-corrected chi connectivity index (χ4v) is 2.94. The smallest absolute Gasteiger partial charge is 0.229 e. The molecule has 0 spiro atoms. The molecular weight excluding hydrogens is 238 g/mol. The van der Waals surface area contributed by atoms with Crippen molar-refractivity contribution in [3.63, 3.8) is 0 Å². The summed E-state index contributed by atoms with van der Waals surface area (Å²) in [5, 5.41) is 0.619. The highest BCUT2D eigenvalue weighted by Crippen LogP contribution is 2.30. The van der Waals surface area contributed by atoms with Crippen LogP contribution < -0.4 is 10.6 Å². The third-order valence-corrected chi connectivity index (χ3v) is 4.16. The van der Waals surface area contributed by atoms with Crippen molar-refractivity contribution >= 4 is 28.2 Å². The summed E-state index contributed by atoms with van der Waals surface area (Å²) in [6.45, 7) is 4.42. The summed E-state index contributed by atoms with van der Waals surface area (Å²) < 4.78 is 0. The predicted octanol–water partition coefficient (Wildman–Crippen LogP) is 0.966. The van der Waals surface area contributed by atoms with E-state index in [0.29, 0.717) is 35.2 Å². The molecule has 0 radical (unpaired) electrons. The van der Waals surface area contributed by atoms with E-state index < -0.39 is 0 Å². The molecule has 92 valence electrons. The lowest BCUT2D eigenvalue weighted by Crippen LogP contribution is -2.25. The maximum Gasteiger partial charge on any atom is 0.229 e. The maximum absolute atomic E-state index is 11.8. The van der Waals surface area contributed by atoms with Gasteiger partial charge in [-0.3, -0.25) is 14.5 Å². The number of ketones is 1. The average Bonchev–Trinajstić information content (AvgIpc) is 2.81. The van der Waals surface area contributed by atoms with Gasteiger partial charge in [-0.25, -0.2) is 4.98 Å². The summed E-state index contributed by atoms with van der Waals surface area (Å²) in [5.41, 5.74) is 6.27. The molecule has 17 heavy (non-hydrogen) atoms. The molecule has 1 unspecified atom stereocenters. The maximum atomic E-state index is 11.8. The highest BCUT2D eigenvalue weighted by atomic mass is 32.1. The number of nitrogens with two attached hydrogens (primary N) is 1. The minimum absolute atomic E-state index is 0.00623. The lowest BCUT2D eigenvalue weighted by Gasteiger charge is -2.11. The molecule has 6 heteroatoms. The zero-order chi connectivity index (χ0) is 12.6. The van der Waals surface area contributed by atoms with E-state index in [0.717, 1.165) is 0 Å². The second-order valence-electron chi connectivity index (χ2n) is 4.28. The second kappa shape index (κ2) is 4.54. The molecule has 1 saturated heterocycles. The highest BCUT2D eigenvalue weighted by molar-refractivity contribution is 7.17. The van der Waals surface area contributed by atoms with Crippen LogP contribution >= 0.6 is 11.3 Å². The molecule has 2 heterocycles. The van der Waals surface area contributed by atoms with E-state index in [9.17, 15) is 9.59 Å². The Bertz CT molecular complexity index is 469. The van der Waals surface area contributed by atoms with Crippen LogP contribution in [0.1, 0.15) is 28.7 Å². The fourth-order valence-electron chi connectivity index (χ4n) is 1.95. The van der Waals surface area contributed by atoms with Crippen molar-refractivity contribution < 1.29 is 9.59 Å². The van der Waals surface area contributed by atoms with Crippen LogP contribution in [-0.2, 0) is 4.79 Å². The van der Waals surface area contributed by atoms with E-state index in [4.69, 9.17) is 5.73 Å². The Morgan fingerprint density at radius 1 is 1.65 bits per heavy atom. The first-order valence-corrected chi connectivity index (χ1v) is 6.33. The largest absolute Gasteiger partial charge is 0.330 e. The van der Waals surface area contributed by atoms with Crippen molar-refractivity contribution in [3.8, 4) is 0 Å². The van der Waals surface area contributed by atoms with Crippen molar-refractivity contribution in [3.05, 3.63) is 10.6 Å². The Hall–Kier alpha value is -1.27. The lowest BCUT2D eigenvalue weighted by atomic mass is 10.1. The van der Waals surface area contributed by atoms with E-state index in [1.807, 2.05) is 0 Å². The molecule has 1 atom stereocenters. The molecule has 2 rings (SSSR count). The van der Waals surface area contributed by atoms with Crippen LogP contribution in [0.4, 0.5) is 5.13 Å². The number of carbonyl (C=O) groups excluding carboxylic acids is 2. The van der Waals surface area contributed by atoms with Gasteiger partial charge in [0.1, 0.15) is 0 Å². The van der Waals surface area contributed by atoms with Gasteiger partial charge in [0.25, 0.3) is 0 Å². The molecule has 0 bridgehead atoms. The molecule has 0 saturated carbocycles. The zero-order valence-corrected chi connectivity index (χ0v) is 10.7. The molecule has 0 aromatic carbocycles. The summed E-state index contributed by atoms with van der Waals surface area (Å²) in [6.07, 6.45) is 0.477. The van der Waals surface area contributed by atoms with Gasteiger partial charge in [0, 0.05) is 19.9 Å². The van der Waals surface area contributed by atoms with Crippen LogP contribution in [0.2, 0.25) is 0 Å². The summed E-state index contributed by atoms with van der Waals surface area (Å²) in [4.78, 5) is 29.7. The standard InChI is InChI=1S/C11H15N3O2S/c1-6-10(7(2)15)17-11(13-6)14-5-8(4-12)3-9(14)16/h8H,3-5,12H2,1-2H3. The first-order chi connectivity index (χ1) is 8.02. The van der Waals surface area contributed by atoms with Crippen molar-refractivity contribution in [1.82, 2.24) is 4.98 Å². The summed E-state index contributed by atoms with van der Waals surface area (Å²) >= 11 is 1.28. The molecule has 0 aliphatic carbocycles. The number of anilines is 1. The van der Waals surface area contributed by atoms with Gasteiger partial charge in [-0.2, -0.15) is 0 Å². The monoisotopic (exact) mass is 253 g/mol. The van der Waals surface area contributed by atoms with Gasteiger partial charge in [-0.1, -0.05) is 11.3 Å². The lowest BCUT2D eigenvalue weighted by molar-refractivity contribution is -0.117. The third kappa shape index (κ3) is 2.23. The number of carbonyl (C=O) groups is 2. The van der Waals surface area contributed by atoms with E-state index in [1.54, 1.807) is 11.8 Å². The van der Waals surface area contributed by atoms with E-state index in [-0.39, 0.29) is 17.6 Å². The van der Waals surface area contributed by atoms with Crippen molar-refractivity contribution in [2.75, 3.05) is 18.0 Å². The summed E-state index contributed by atoms with van der Waals surface area (Å²) in [6, 6.07) is 0. The van der Waals surface area contributed by atoms with E-state index in [2.05, 4.69) is 4.98 Å². The van der Waals surface area contributed by atoms with Crippen LogP contribution in [0.25, 0.3) is 0 Å². The number of hydrogen-bond donors (Lipinski definition) is 1. The molecule has 1 aliphatic heterocycles. The van der Waals surface area contributed by atoms with E-state index >= 15 is 0 Å². The normalized spacial score (nSPS) is 20.1. The highest BCUT2D eigenvalue weighted by Gasteiger charge is 2.32. The Morgan fingerprint density at radius 2 is 2.35 bits per heavy atom. The zero-order valence-electron chi connectivity index (χ0n) is 9.90. The Morgan fingerprint density at radius 3 is 2.82 bits per heavy atom. The summed E-state index contributed by atoms with van der Waals surface area (Å²) in [5.74, 6) is 0.241. The molecule has 1 aromatic heterocycles. The second-order valence-corrected chi connectivity index (χ2v) is 5.25. The Kier molecular flexibility index (Phi) is 3.26. The minimum Gasteiger partial charge on any atom is -0.330 e. The van der Waals surface area contributed by atoms with Crippen LogP contribution in [-0.4, -0.2) is 29.8 Å². The van der Waals surface area contributed by atoms with E-state index in [1.165, 1.54) is 18.3 Å². The number of thiazole rings is 1. The number of aromatic nitrogens is 1. The number of nitrogens with zero attached hydrogens (tertiary/aromatic N) is 2. The fraction of sp³-hybridized carbons (Fsp3) is 0.545. The first-order valence-electron chi connectivity index (χ1n) is 5.51. The van der Waals surface area contributed by atoms with Gasteiger partial charge < -0.3 is 5.73 Å². The molecule has 5 nitrogen and oxygen atoms in total. The third-order valence-electron chi connectivity index (χ3n) is 2.87. The number of Topliss-reactive ketones (excluding diaryl/α,β-unsaturated/α-hetero) is 1. The molecule has 1 aliphatic rings. The Labute approximate surface area is 104 Å². The number of rotatable bonds is 3. The topological polar surface area (TPSA) is 76.3 Å². The number of amides is 1. The first kappa shape index (κ1) is 12.2. The molecule has 2 N–H and O–H groups in total. The van der Waals surface area contributed by atoms with Gasteiger partial charge in [-0.15, -0.1) is 0 Å². The van der Waals surface area contributed by atoms with Crippen LogP contribution in [0.3, 0.4) is 0 Å². The predicted molar refractivity (Wildman–Crippen MR) is 66.4 cm³/mol. The minimum atomic E-state index is -0.00623. The average molecular weight is 253 g/mol. The van der Waals surface area contributed by atoms with Crippen molar-refractivity contribution in [1.29, 1.82) is 0 Å². The molecule has 1 amide bonds. The van der Waals surface area contributed by atoms with Crippen LogP contribution in [0, 0.1) is 12.8 Å². The van der Waals surface area contributed by atoms with Gasteiger partial charge >= 0.3 is 0 Å². The number of aryl methyl sites for hydroxylation is 1. The number of hydrogen-bond acceptors (Lipinski definition) is 5. The Balaban J connectivity index is 2.26. The summed E-state index contributed by atoms with van der Waals surface area (Å²) in [7, 11) is 0. The van der Waals surface area contributed by atoms with Crippen molar-refractivity contribution in [2.24, 2.45) is 11.7 Å². The molecular formula is C11H15N3O2S. The van der Waals surface area contributed by atoms with Gasteiger partial charge in [-0.05, 0) is 19.4 Å². The van der Waals surface area contributed by atoms with Gasteiger partial charge in [0.2, 0.25) is 5.91 Å². The van der Waals surface area contributed by atoms with Gasteiger partial charge in [0.05, 0.1) is 10.6 Å². The molecule has 1 aromatic rings.